The molecule has 0 atom stereocenters. The van der Waals surface area contributed by atoms with Crippen molar-refractivity contribution in [2.24, 2.45) is 5.73 Å². The van der Waals surface area contributed by atoms with Crippen molar-refractivity contribution in [1.29, 1.82) is 0 Å². The van der Waals surface area contributed by atoms with Gasteiger partial charge in [-0.1, -0.05) is 0 Å². The van der Waals surface area contributed by atoms with Crippen LogP contribution in [0.3, 0.4) is 0 Å². The van der Waals surface area contributed by atoms with E-state index in [1.54, 1.807) is 0 Å². The van der Waals surface area contributed by atoms with E-state index in [9.17, 15) is 13.2 Å². The van der Waals surface area contributed by atoms with Crippen molar-refractivity contribution < 1.29 is 13.2 Å². The Balaban J connectivity index is 0.00000121. The Morgan fingerprint density at radius 1 is 1.50 bits per heavy atom. The lowest BCUT2D eigenvalue weighted by Crippen LogP contribution is -2.00. The summed E-state index contributed by atoms with van der Waals surface area (Å²) in [6.07, 6.45) is -3.49. The molecule has 0 aliphatic rings. The summed E-state index contributed by atoms with van der Waals surface area (Å²) in [5, 5.41) is 0.303. The van der Waals surface area contributed by atoms with Crippen LogP contribution in [0.25, 0.3) is 0 Å². The molecule has 0 saturated carbocycles. The zero-order valence-corrected chi connectivity index (χ0v) is 7.39. The van der Waals surface area contributed by atoms with Crippen LogP contribution in [-0.4, -0.2) is 4.98 Å². The quantitative estimate of drug-likeness (QED) is 0.784. The maximum absolute atomic E-state index is 11.9. The average Bonchev–Trinajstić information content (AvgIpc) is 2.32. The van der Waals surface area contributed by atoms with Crippen molar-refractivity contribution in [2.45, 2.75) is 12.7 Å². The molecule has 7 heteroatoms. The minimum Gasteiger partial charge on any atom is -0.325 e. The van der Waals surface area contributed by atoms with E-state index in [4.69, 9.17) is 5.73 Å². The first-order chi connectivity index (χ1) is 5.04. The van der Waals surface area contributed by atoms with Crippen LogP contribution in [0, 0.1) is 0 Å². The highest BCUT2D eigenvalue weighted by Crippen LogP contribution is 2.32. The second-order valence-electron chi connectivity index (χ2n) is 1.82. The van der Waals surface area contributed by atoms with Gasteiger partial charge in [-0.3, -0.25) is 0 Å². The van der Waals surface area contributed by atoms with Crippen molar-refractivity contribution in [3.63, 3.8) is 0 Å². The average molecular weight is 219 g/mol. The Morgan fingerprint density at radius 2 is 2.08 bits per heavy atom. The van der Waals surface area contributed by atoms with Gasteiger partial charge in [-0.15, -0.1) is 23.7 Å². The lowest BCUT2D eigenvalue weighted by Gasteiger charge is -1.98. The zero-order chi connectivity index (χ0) is 8.48. The highest BCUT2D eigenvalue weighted by Gasteiger charge is 2.32. The summed E-state index contributed by atoms with van der Waals surface area (Å²) in [4.78, 5) is 2.78. The zero-order valence-electron chi connectivity index (χ0n) is 5.76. The molecule has 0 aliphatic heterocycles. The molecule has 70 valence electrons. The fourth-order valence-corrected chi connectivity index (χ4v) is 1.20. The highest BCUT2D eigenvalue weighted by molar-refractivity contribution is 7.11. The van der Waals surface area contributed by atoms with Crippen molar-refractivity contribution in [3.8, 4) is 0 Å². The number of hydrogen-bond acceptors (Lipinski definition) is 3. The van der Waals surface area contributed by atoms with Gasteiger partial charge in [0.25, 0.3) is 0 Å². The number of hydrogen-bond donors (Lipinski definition) is 1. The lowest BCUT2D eigenvalue weighted by atomic mass is 10.5. The monoisotopic (exact) mass is 218 g/mol. The molecule has 0 amide bonds. The Bertz CT molecular complexity index is 247. The number of nitrogens with two attached hydrogens (primary N) is 1. The number of thiazole rings is 1. The molecular weight excluding hydrogens is 213 g/mol. The fourth-order valence-electron chi connectivity index (χ4n) is 0.536. The third-order valence-corrected chi connectivity index (χ3v) is 2.07. The number of aromatic nitrogens is 1. The predicted molar refractivity (Wildman–Crippen MR) is 42.3 cm³/mol. The number of halogens is 4. The van der Waals surface area contributed by atoms with Crippen LogP contribution in [0.1, 0.15) is 9.88 Å². The van der Waals surface area contributed by atoms with E-state index in [1.807, 2.05) is 0 Å². The molecule has 1 aromatic heterocycles. The third kappa shape index (κ3) is 2.62. The van der Waals surface area contributed by atoms with Gasteiger partial charge in [-0.2, -0.15) is 13.2 Å². The highest BCUT2D eigenvalue weighted by atomic mass is 35.5. The van der Waals surface area contributed by atoms with Crippen LogP contribution >= 0.6 is 23.7 Å². The molecule has 0 spiro atoms. The van der Waals surface area contributed by atoms with E-state index in [0.29, 0.717) is 16.3 Å². The van der Waals surface area contributed by atoms with E-state index in [0.717, 1.165) is 6.20 Å². The summed E-state index contributed by atoms with van der Waals surface area (Å²) in [5.41, 5.74) is 5.09. The van der Waals surface area contributed by atoms with Crippen molar-refractivity contribution in [1.82, 2.24) is 4.98 Å². The molecule has 0 unspecified atom stereocenters. The summed E-state index contributed by atoms with van der Waals surface area (Å²) in [6.45, 7) is 0.0563. The van der Waals surface area contributed by atoms with Gasteiger partial charge < -0.3 is 5.73 Å². The van der Waals surface area contributed by atoms with Gasteiger partial charge in [0.2, 0.25) is 0 Å². The molecule has 0 fully saturated rings. The Hall–Kier alpha value is -0.330. The third-order valence-electron chi connectivity index (χ3n) is 1.01. The first kappa shape index (κ1) is 11.7. The SMILES string of the molecule is Cl.NCc1ncc(C(F)(F)F)s1. The Labute approximate surface area is 77.0 Å². The summed E-state index contributed by atoms with van der Waals surface area (Å²) in [5.74, 6) is 0. The minimum absolute atomic E-state index is 0. The molecule has 12 heavy (non-hydrogen) atoms. The van der Waals surface area contributed by atoms with Crippen LogP contribution in [0.5, 0.6) is 0 Å². The number of nitrogens with zero attached hydrogens (tertiary/aromatic N) is 1. The van der Waals surface area contributed by atoms with Crippen molar-refractivity contribution in [2.75, 3.05) is 0 Å². The maximum atomic E-state index is 11.9. The smallest absolute Gasteiger partial charge is 0.325 e. The van der Waals surface area contributed by atoms with Crippen LogP contribution in [0.15, 0.2) is 6.20 Å². The maximum Gasteiger partial charge on any atom is 0.427 e. The van der Waals surface area contributed by atoms with Crippen LogP contribution in [-0.2, 0) is 12.7 Å². The van der Waals surface area contributed by atoms with Crippen molar-refractivity contribution in [3.05, 3.63) is 16.1 Å². The van der Waals surface area contributed by atoms with Gasteiger partial charge >= 0.3 is 6.18 Å². The summed E-state index contributed by atoms with van der Waals surface area (Å²) >= 11 is 0.579. The number of rotatable bonds is 1. The lowest BCUT2D eigenvalue weighted by molar-refractivity contribution is -0.134. The van der Waals surface area contributed by atoms with Gasteiger partial charge in [-0.25, -0.2) is 4.98 Å². The summed E-state index contributed by atoms with van der Waals surface area (Å²) in [7, 11) is 0. The summed E-state index contributed by atoms with van der Waals surface area (Å²) < 4.78 is 35.6. The van der Waals surface area contributed by atoms with Gasteiger partial charge in [0.05, 0.1) is 6.20 Å². The first-order valence-corrected chi connectivity index (χ1v) is 3.57. The van der Waals surface area contributed by atoms with Gasteiger partial charge in [0.15, 0.2) is 0 Å². The Morgan fingerprint density at radius 3 is 2.33 bits per heavy atom. The topological polar surface area (TPSA) is 38.9 Å². The van der Waals surface area contributed by atoms with E-state index in [-0.39, 0.29) is 19.0 Å². The largest absolute Gasteiger partial charge is 0.427 e. The normalized spacial score (nSPS) is 11.0. The van der Waals surface area contributed by atoms with Gasteiger partial charge in [-0.05, 0) is 0 Å². The molecule has 2 N–H and O–H groups in total. The van der Waals surface area contributed by atoms with Gasteiger partial charge in [0, 0.05) is 6.54 Å². The molecule has 0 saturated heterocycles. The second-order valence-corrected chi connectivity index (χ2v) is 2.94. The van der Waals surface area contributed by atoms with Crippen LogP contribution in [0.4, 0.5) is 13.2 Å². The van der Waals surface area contributed by atoms with E-state index in [2.05, 4.69) is 4.98 Å². The fraction of sp³-hybridized carbons (Fsp3) is 0.400. The molecule has 0 aromatic carbocycles. The Kier molecular flexibility index (Phi) is 3.95. The first-order valence-electron chi connectivity index (χ1n) is 2.76. The van der Waals surface area contributed by atoms with E-state index in [1.165, 1.54) is 0 Å². The molecule has 0 bridgehead atoms. The standard InChI is InChI=1S/C5H5F3N2S.ClH/c6-5(7,8)3-2-10-4(1-9)11-3;/h2H,1,9H2;1H. The van der Waals surface area contributed by atoms with E-state index >= 15 is 0 Å². The molecule has 0 aliphatic carbocycles. The summed E-state index contributed by atoms with van der Waals surface area (Å²) in [6, 6.07) is 0. The molecule has 1 heterocycles. The number of alkyl halides is 3. The van der Waals surface area contributed by atoms with E-state index < -0.39 is 11.1 Å². The molecule has 1 aromatic rings. The second kappa shape index (κ2) is 4.06. The molecule has 1 rings (SSSR count). The molecule has 2 nitrogen and oxygen atoms in total. The molecular formula is C5H6ClF3N2S. The van der Waals surface area contributed by atoms with Gasteiger partial charge in [0.1, 0.15) is 9.88 Å². The van der Waals surface area contributed by atoms with Crippen LogP contribution < -0.4 is 5.73 Å². The minimum atomic E-state index is -4.29. The van der Waals surface area contributed by atoms with Crippen LogP contribution in [0.2, 0.25) is 0 Å². The molecule has 0 radical (unpaired) electrons. The predicted octanol–water partition coefficient (Wildman–Crippen LogP) is 2.04. The van der Waals surface area contributed by atoms with Crippen molar-refractivity contribution >= 4 is 23.7 Å².